The summed E-state index contributed by atoms with van der Waals surface area (Å²) in [5.41, 5.74) is 4.97. The van der Waals surface area contributed by atoms with Gasteiger partial charge in [-0.15, -0.1) is 0 Å². The van der Waals surface area contributed by atoms with E-state index in [1.165, 1.54) is 7.11 Å². The number of ether oxygens (including phenoxy) is 2. The number of carboxylic acid groups (broad SMARTS) is 1. The molecule has 0 aromatic rings. The molecule has 0 aliphatic carbocycles. The maximum Gasteiger partial charge on any atom is 0.404 e. The number of aliphatic carboxylic acids is 1. The number of carbonyl (C=O) groups excluding carboxylic acids is 2. The van der Waals surface area contributed by atoms with Crippen molar-refractivity contribution in [1.29, 1.82) is 0 Å². The molecule has 7 nitrogen and oxygen atoms in total. The van der Waals surface area contributed by atoms with Crippen molar-refractivity contribution < 1.29 is 29.0 Å². The number of primary amides is 1. The summed E-state index contributed by atoms with van der Waals surface area (Å²) in [6.07, 6.45) is 0.123. The van der Waals surface area contributed by atoms with E-state index in [4.69, 9.17) is 5.11 Å². The number of carbonyl (C=O) groups is 3. The van der Waals surface area contributed by atoms with Gasteiger partial charge in [-0.05, 0) is 13.8 Å². The van der Waals surface area contributed by atoms with E-state index in [0.29, 0.717) is 12.2 Å². The molecule has 1 amide bonds. The number of amides is 1. The van der Waals surface area contributed by atoms with Crippen LogP contribution in [0.3, 0.4) is 0 Å². The minimum atomic E-state index is -0.981. The first-order valence-electron chi connectivity index (χ1n) is 4.74. The molecule has 18 heavy (non-hydrogen) atoms. The summed E-state index contributed by atoms with van der Waals surface area (Å²) in [6, 6.07) is 0. The Kier molecular flexibility index (Phi) is 17.2. The van der Waals surface area contributed by atoms with Gasteiger partial charge in [-0.25, -0.2) is 14.4 Å². The lowest BCUT2D eigenvalue weighted by atomic mass is 10.4. The lowest BCUT2D eigenvalue weighted by Crippen LogP contribution is -2.11. The molecule has 0 aromatic carbocycles. The van der Waals surface area contributed by atoms with E-state index in [1.54, 1.807) is 13.8 Å². The van der Waals surface area contributed by atoms with Crippen LogP contribution < -0.4 is 5.73 Å². The lowest BCUT2D eigenvalue weighted by Gasteiger charge is -1.91. The van der Waals surface area contributed by atoms with Gasteiger partial charge < -0.3 is 20.3 Å². The molecule has 0 aromatic heterocycles. The minimum absolute atomic E-state index is 0.347. The lowest BCUT2D eigenvalue weighted by molar-refractivity contribution is -0.136. The minimum Gasteiger partial charge on any atom is -0.478 e. The summed E-state index contributed by atoms with van der Waals surface area (Å²) >= 11 is 0. The summed E-state index contributed by atoms with van der Waals surface area (Å²) in [4.78, 5) is 29.0. The molecule has 0 aliphatic heterocycles. The average Bonchev–Trinajstić information content (AvgIpc) is 2.29. The zero-order chi connectivity index (χ0) is 15.1. The molecule has 0 unspecified atom stereocenters. The molecule has 104 valence electrons. The Bertz CT molecular complexity index is 298. The van der Waals surface area contributed by atoms with Crippen LogP contribution in [0.2, 0.25) is 0 Å². The predicted molar refractivity (Wildman–Crippen MR) is 65.9 cm³/mol. The predicted octanol–water partition coefficient (Wildman–Crippen LogP) is 1.09. The third-order valence-electron chi connectivity index (χ3n) is 0.995. The Hall–Kier alpha value is -2.31. The van der Waals surface area contributed by atoms with Crippen LogP contribution in [0.25, 0.3) is 0 Å². The molecular weight excluding hydrogens is 242 g/mol. The SMILES string of the molecule is C=C(C)C(=O)OC.C=CC(=O)O.CCOC(N)=O. The number of methoxy groups -OCH3 is 1. The summed E-state index contributed by atoms with van der Waals surface area (Å²) in [5, 5.41) is 7.60. The third-order valence-corrected chi connectivity index (χ3v) is 0.995. The Labute approximate surface area is 106 Å². The second kappa shape index (κ2) is 14.7. The van der Waals surface area contributed by atoms with Crippen molar-refractivity contribution in [3.63, 3.8) is 0 Å². The van der Waals surface area contributed by atoms with Crippen LogP contribution in [0.4, 0.5) is 4.79 Å². The molecule has 0 saturated carbocycles. The maximum atomic E-state index is 10.2. The van der Waals surface area contributed by atoms with E-state index in [9.17, 15) is 14.4 Å². The zero-order valence-corrected chi connectivity index (χ0v) is 10.8. The highest BCUT2D eigenvalue weighted by molar-refractivity contribution is 5.86. The molecular formula is C11H19NO6. The Morgan fingerprint density at radius 3 is 1.78 bits per heavy atom. The molecule has 3 N–H and O–H groups in total. The van der Waals surface area contributed by atoms with Crippen molar-refractivity contribution in [2.24, 2.45) is 5.73 Å². The number of nitrogens with two attached hydrogens (primary N) is 1. The van der Waals surface area contributed by atoms with E-state index in [2.05, 4.69) is 28.4 Å². The summed E-state index contributed by atoms with van der Waals surface area (Å²) < 4.78 is 8.45. The first-order valence-corrected chi connectivity index (χ1v) is 4.74. The first kappa shape index (κ1) is 21.0. The summed E-state index contributed by atoms with van der Waals surface area (Å²) in [5.74, 6) is -1.33. The van der Waals surface area contributed by atoms with Crippen molar-refractivity contribution >= 4 is 18.0 Å². The van der Waals surface area contributed by atoms with Crippen molar-refractivity contribution in [3.8, 4) is 0 Å². The normalized spacial score (nSPS) is 7.28. The van der Waals surface area contributed by atoms with Gasteiger partial charge in [0.1, 0.15) is 0 Å². The molecule has 0 fully saturated rings. The number of rotatable bonds is 3. The van der Waals surface area contributed by atoms with Gasteiger partial charge in [-0.1, -0.05) is 13.2 Å². The van der Waals surface area contributed by atoms with E-state index in [0.717, 1.165) is 6.08 Å². The molecule has 0 spiro atoms. The molecule has 0 heterocycles. The molecule has 0 atom stereocenters. The zero-order valence-electron chi connectivity index (χ0n) is 10.8. The van der Waals surface area contributed by atoms with Crippen LogP contribution in [0.5, 0.6) is 0 Å². The highest BCUT2D eigenvalue weighted by Gasteiger charge is 1.95. The molecule has 0 rings (SSSR count). The number of hydrogen-bond donors (Lipinski definition) is 2. The van der Waals surface area contributed by atoms with E-state index in [1.807, 2.05) is 0 Å². The van der Waals surface area contributed by atoms with Crippen molar-refractivity contribution in [2.45, 2.75) is 13.8 Å². The van der Waals surface area contributed by atoms with Crippen molar-refractivity contribution in [1.82, 2.24) is 0 Å². The smallest absolute Gasteiger partial charge is 0.404 e. The fourth-order valence-corrected chi connectivity index (χ4v) is 0.316. The quantitative estimate of drug-likeness (QED) is 0.580. The van der Waals surface area contributed by atoms with Gasteiger partial charge in [0.15, 0.2) is 0 Å². The molecule has 0 saturated heterocycles. The van der Waals surface area contributed by atoms with Gasteiger partial charge in [0.2, 0.25) is 0 Å². The summed E-state index contributed by atoms with van der Waals surface area (Å²) in [7, 11) is 1.33. The van der Waals surface area contributed by atoms with Crippen LogP contribution in [-0.2, 0) is 19.1 Å². The molecule has 0 aliphatic rings. The van der Waals surface area contributed by atoms with Crippen LogP contribution in [0.1, 0.15) is 13.8 Å². The largest absolute Gasteiger partial charge is 0.478 e. The van der Waals surface area contributed by atoms with Crippen LogP contribution >= 0.6 is 0 Å². The van der Waals surface area contributed by atoms with E-state index < -0.39 is 12.1 Å². The summed E-state index contributed by atoms with van der Waals surface area (Å²) in [6.45, 7) is 9.97. The van der Waals surface area contributed by atoms with Crippen LogP contribution in [0, 0.1) is 0 Å². The average molecular weight is 261 g/mol. The Morgan fingerprint density at radius 1 is 1.39 bits per heavy atom. The van der Waals surface area contributed by atoms with Gasteiger partial charge in [-0.3, -0.25) is 0 Å². The highest BCUT2D eigenvalue weighted by atomic mass is 16.5. The van der Waals surface area contributed by atoms with Gasteiger partial charge in [0, 0.05) is 11.6 Å². The van der Waals surface area contributed by atoms with Crippen molar-refractivity contribution in [2.75, 3.05) is 13.7 Å². The second-order valence-electron chi connectivity index (χ2n) is 2.57. The van der Waals surface area contributed by atoms with Crippen molar-refractivity contribution in [3.05, 3.63) is 24.8 Å². The Morgan fingerprint density at radius 2 is 1.78 bits per heavy atom. The second-order valence-corrected chi connectivity index (χ2v) is 2.57. The van der Waals surface area contributed by atoms with Gasteiger partial charge >= 0.3 is 18.0 Å². The highest BCUT2D eigenvalue weighted by Crippen LogP contribution is 1.87. The molecule has 0 radical (unpaired) electrons. The van der Waals surface area contributed by atoms with E-state index >= 15 is 0 Å². The van der Waals surface area contributed by atoms with Crippen LogP contribution in [-0.4, -0.2) is 36.9 Å². The van der Waals surface area contributed by atoms with Gasteiger partial charge in [-0.2, -0.15) is 0 Å². The van der Waals surface area contributed by atoms with Gasteiger partial charge in [0.05, 0.1) is 13.7 Å². The molecule has 0 bridgehead atoms. The van der Waals surface area contributed by atoms with E-state index in [-0.39, 0.29) is 5.97 Å². The fraction of sp³-hybridized carbons (Fsp3) is 0.364. The number of hydrogen-bond acceptors (Lipinski definition) is 5. The Balaban J connectivity index is -0.000000190. The topological polar surface area (TPSA) is 116 Å². The number of carboxylic acids is 1. The first-order chi connectivity index (χ1) is 8.22. The fourth-order valence-electron chi connectivity index (χ4n) is 0.316. The maximum absolute atomic E-state index is 10.2. The standard InChI is InChI=1S/C5H8O2.C3H7NO2.C3H4O2/c1-4(2)5(6)7-3;1-2-6-3(4)5;1-2-3(4)5/h1H2,2-3H3;2H2,1H3,(H2,4,5);2H,1H2,(H,4,5). The third kappa shape index (κ3) is 29.2. The monoisotopic (exact) mass is 261 g/mol. The number of esters is 1. The molecule has 7 heteroatoms. The van der Waals surface area contributed by atoms with Gasteiger partial charge in [0.25, 0.3) is 0 Å². The van der Waals surface area contributed by atoms with Crippen LogP contribution in [0.15, 0.2) is 24.8 Å².